The van der Waals surface area contributed by atoms with E-state index in [4.69, 9.17) is 27.9 Å². The van der Waals surface area contributed by atoms with Gasteiger partial charge in [-0.05, 0) is 42.0 Å². The molecule has 7 heteroatoms. The fourth-order valence-corrected chi connectivity index (χ4v) is 5.32. The second-order valence-corrected chi connectivity index (χ2v) is 9.35. The smallest absolute Gasteiger partial charge is 0.214 e. The van der Waals surface area contributed by atoms with Crippen molar-refractivity contribution in [3.8, 4) is 17.1 Å². The molecule has 5 nitrogen and oxygen atoms in total. The third-order valence-corrected chi connectivity index (χ3v) is 7.39. The first kappa shape index (κ1) is 21.3. The fourth-order valence-electron chi connectivity index (χ4n) is 4.88. The molecule has 170 valence electrons. The van der Waals surface area contributed by atoms with Crippen molar-refractivity contribution in [2.24, 2.45) is 0 Å². The molecule has 6 rings (SSSR count). The number of benzene rings is 2. The van der Waals surface area contributed by atoms with Crippen molar-refractivity contribution in [3.05, 3.63) is 100 Å². The number of hydrogen-bond donors (Lipinski definition) is 1. The van der Waals surface area contributed by atoms with Crippen LogP contribution in [-0.2, 0) is 13.0 Å². The molecule has 0 saturated carbocycles. The van der Waals surface area contributed by atoms with Crippen LogP contribution in [-0.4, -0.2) is 19.5 Å². The number of H-pyrrole nitrogens is 1. The number of imidazole rings is 1. The van der Waals surface area contributed by atoms with Crippen LogP contribution in [0.4, 0.5) is 0 Å². The van der Waals surface area contributed by atoms with Gasteiger partial charge in [-0.1, -0.05) is 59.6 Å². The van der Waals surface area contributed by atoms with Crippen LogP contribution in [0.2, 0.25) is 10.0 Å². The van der Waals surface area contributed by atoms with Crippen molar-refractivity contribution >= 4 is 34.1 Å². The summed E-state index contributed by atoms with van der Waals surface area (Å²) in [5.74, 6) is 0.590. The van der Waals surface area contributed by atoms with E-state index in [0.29, 0.717) is 22.5 Å². The number of aromatic amines is 1. The summed E-state index contributed by atoms with van der Waals surface area (Å²) < 4.78 is 8.23. The van der Waals surface area contributed by atoms with Gasteiger partial charge in [-0.15, -0.1) is 0 Å². The Bertz CT molecular complexity index is 1480. The summed E-state index contributed by atoms with van der Waals surface area (Å²) in [6.45, 7) is 0.471. The minimum absolute atomic E-state index is 0.150. The number of aromatic nitrogens is 4. The zero-order chi connectivity index (χ0) is 23.1. The molecular weight excluding hydrogens is 467 g/mol. The molecule has 2 aromatic carbocycles. The van der Waals surface area contributed by atoms with Crippen molar-refractivity contribution in [1.29, 1.82) is 0 Å². The van der Waals surface area contributed by atoms with Crippen molar-refractivity contribution in [3.63, 3.8) is 0 Å². The third kappa shape index (κ3) is 3.75. The van der Waals surface area contributed by atoms with Crippen LogP contribution in [0, 0.1) is 0 Å². The summed E-state index contributed by atoms with van der Waals surface area (Å²) in [6, 6.07) is 16.2. The Morgan fingerprint density at radius 3 is 2.85 bits per heavy atom. The predicted octanol–water partition coefficient (Wildman–Crippen LogP) is 7.24. The van der Waals surface area contributed by atoms with Crippen LogP contribution in [0.1, 0.15) is 35.6 Å². The quantitative estimate of drug-likeness (QED) is 0.283. The van der Waals surface area contributed by atoms with Crippen LogP contribution < -0.4 is 4.74 Å². The van der Waals surface area contributed by atoms with Gasteiger partial charge in [0.1, 0.15) is 6.61 Å². The molecular formula is C27H22Cl2N4O. The minimum atomic E-state index is 0.150. The van der Waals surface area contributed by atoms with Crippen molar-refractivity contribution in [2.75, 3.05) is 0 Å². The van der Waals surface area contributed by atoms with Gasteiger partial charge in [0, 0.05) is 23.2 Å². The summed E-state index contributed by atoms with van der Waals surface area (Å²) in [4.78, 5) is 12.3. The van der Waals surface area contributed by atoms with Gasteiger partial charge in [0.05, 0.1) is 46.0 Å². The maximum atomic E-state index is 6.56. The Labute approximate surface area is 207 Å². The molecule has 3 aromatic heterocycles. The summed E-state index contributed by atoms with van der Waals surface area (Å²) in [5, 5.41) is 2.33. The highest BCUT2D eigenvalue weighted by atomic mass is 35.5. The lowest BCUT2D eigenvalue weighted by Crippen LogP contribution is -2.18. The largest absolute Gasteiger partial charge is 0.473 e. The lowest BCUT2D eigenvalue weighted by molar-refractivity contribution is 0.294. The standard InChI is InChI=1S/C27H22Cl2N4O/c28-22-10-9-18-19(27(22)29)7-4-8-24(18)33-16-30-14-25(33)21-12-31-23-13-32-26(11-20(21)23)34-15-17-5-2-1-3-6-17/h1-3,5-6,9-14,16,24,31H,4,7-8,15H2. The van der Waals surface area contributed by atoms with Crippen LogP contribution >= 0.6 is 23.2 Å². The average Bonchev–Trinajstić information content (AvgIpc) is 3.52. The second kappa shape index (κ2) is 8.82. The first-order chi connectivity index (χ1) is 16.7. The zero-order valence-corrected chi connectivity index (χ0v) is 19.9. The van der Waals surface area contributed by atoms with Gasteiger partial charge in [0.15, 0.2) is 0 Å². The van der Waals surface area contributed by atoms with E-state index < -0.39 is 0 Å². The zero-order valence-electron chi connectivity index (χ0n) is 18.3. The number of hydrogen-bond acceptors (Lipinski definition) is 3. The molecule has 1 unspecified atom stereocenters. The summed E-state index contributed by atoms with van der Waals surface area (Å²) in [6.07, 6.45) is 10.7. The Kier molecular flexibility index (Phi) is 5.52. The Hall–Kier alpha value is -3.28. The van der Waals surface area contributed by atoms with E-state index in [2.05, 4.69) is 25.6 Å². The lowest BCUT2D eigenvalue weighted by atomic mass is 9.87. The Balaban J connectivity index is 1.37. The summed E-state index contributed by atoms with van der Waals surface area (Å²) in [5.41, 5.74) is 6.51. The van der Waals surface area contributed by atoms with Crippen LogP contribution in [0.25, 0.3) is 22.2 Å². The molecule has 0 spiro atoms. The molecule has 3 heterocycles. The van der Waals surface area contributed by atoms with Crippen molar-refractivity contribution in [1.82, 2.24) is 19.5 Å². The van der Waals surface area contributed by atoms with Gasteiger partial charge in [0.25, 0.3) is 0 Å². The fraction of sp³-hybridized carbons (Fsp3) is 0.185. The topological polar surface area (TPSA) is 55.7 Å². The van der Waals surface area contributed by atoms with E-state index in [9.17, 15) is 0 Å². The molecule has 0 radical (unpaired) electrons. The first-order valence-electron chi connectivity index (χ1n) is 11.3. The van der Waals surface area contributed by atoms with Crippen molar-refractivity contribution < 1.29 is 4.74 Å². The molecule has 0 fully saturated rings. The highest BCUT2D eigenvalue weighted by molar-refractivity contribution is 6.42. The van der Waals surface area contributed by atoms with Gasteiger partial charge in [-0.2, -0.15) is 0 Å². The molecule has 34 heavy (non-hydrogen) atoms. The molecule has 1 atom stereocenters. The highest BCUT2D eigenvalue weighted by Gasteiger charge is 2.26. The number of fused-ring (bicyclic) bond motifs is 2. The molecule has 0 saturated heterocycles. The molecule has 0 aliphatic heterocycles. The van der Waals surface area contributed by atoms with E-state index in [0.717, 1.165) is 52.5 Å². The van der Waals surface area contributed by atoms with Crippen molar-refractivity contribution in [2.45, 2.75) is 31.9 Å². The van der Waals surface area contributed by atoms with E-state index in [1.165, 1.54) is 5.56 Å². The van der Waals surface area contributed by atoms with Gasteiger partial charge in [-0.25, -0.2) is 9.97 Å². The number of halogens is 2. The maximum absolute atomic E-state index is 6.56. The number of ether oxygens (including phenoxy) is 1. The van der Waals surface area contributed by atoms with E-state index >= 15 is 0 Å². The minimum Gasteiger partial charge on any atom is -0.473 e. The summed E-state index contributed by atoms with van der Waals surface area (Å²) >= 11 is 12.9. The molecule has 1 aliphatic rings. The average molecular weight is 489 g/mol. The third-order valence-electron chi connectivity index (χ3n) is 6.54. The van der Waals surface area contributed by atoms with E-state index in [1.54, 1.807) is 0 Å². The van der Waals surface area contributed by atoms with Crippen LogP contribution in [0.5, 0.6) is 5.88 Å². The van der Waals surface area contributed by atoms with E-state index in [1.807, 2.05) is 67.4 Å². The predicted molar refractivity (Wildman–Crippen MR) is 136 cm³/mol. The molecule has 5 aromatic rings. The molecule has 0 amide bonds. The first-order valence-corrected chi connectivity index (χ1v) is 12.1. The number of rotatable bonds is 5. The second-order valence-electron chi connectivity index (χ2n) is 8.57. The Morgan fingerprint density at radius 1 is 1.09 bits per heavy atom. The van der Waals surface area contributed by atoms with Gasteiger partial charge in [-0.3, -0.25) is 0 Å². The molecule has 1 N–H and O–H groups in total. The number of pyridine rings is 1. The van der Waals surface area contributed by atoms with Crippen LogP contribution in [0.3, 0.4) is 0 Å². The van der Waals surface area contributed by atoms with E-state index in [-0.39, 0.29) is 6.04 Å². The van der Waals surface area contributed by atoms with Gasteiger partial charge >= 0.3 is 0 Å². The summed E-state index contributed by atoms with van der Waals surface area (Å²) in [7, 11) is 0. The SMILES string of the molecule is Clc1ccc2c(c1Cl)CCCC2n1cncc1-c1c[nH]c2cnc(OCc3ccccc3)cc12. The number of nitrogens with one attached hydrogen (secondary N) is 1. The monoisotopic (exact) mass is 488 g/mol. The lowest BCUT2D eigenvalue weighted by Gasteiger charge is -2.29. The Morgan fingerprint density at radius 2 is 1.97 bits per heavy atom. The highest BCUT2D eigenvalue weighted by Crippen LogP contribution is 2.41. The molecule has 0 bridgehead atoms. The van der Waals surface area contributed by atoms with Crippen LogP contribution in [0.15, 0.2) is 73.4 Å². The molecule has 1 aliphatic carbocycles. The normalized spacial score (nSPS) is 15.4. The number of nitrogens with zero attached hydrogens (tertiary/aromatic N) is 3. The maximum Gasteiger partial charge on any atom is 0.214 e. The van der Waals surface area contributed by atoms with Gasteiger partial charge < -0.3 is 14.3 Å². The van der Waals surface area contributed by atoms with Gasteiger partial charge in [0.2, 0.25) is 5.88 Å².